The third-order valence-electron chi connectivity index (χ3n) is 12.1. The van der Waals surface area contributed by atoms with Crippen LogP contribution in [-0.4, -0.2) is 90.4 Å². The molecule has 4 heterocycles. The van der Waals surface area contributed by atoms with Crippen LogP contribution in [0.1, 0.15) is 74.7 Å². The van der Waals surface area contributed by atoms with E-state index < -0.39 is 11.7 Å². The van der Waals surface area contributed by atoms with Crippen molar-refractivity contribution in [3.63, 3.8) is 0 Å². The summed E-state index contributed by atoms with van der Waals surface area (Å²) in [5, 5.41) is 39.1. The number of carbonyl (C=O) groups excluding carboxylic acids is 1. The molecule has 52 heavy (non-hydrogen) atoms. The van der Waals surface area contributed by atoms with E-state index in [9.17, 15) is 20.1 Å². The number of rotatable bonds is 16. The van der Waals surface area contributed by atoms with E-state index in [0.29, 0.717) is 36.1 Å². The Bertz CT molecular complexity index is 1640. The number of nitrogens with one attached hydrogen (secondary N) is 2. The number of nitrogens with zero attached hydrogens (tertiary/aromatic N) is 1. The molecule has 10 nitrogen and oxygen atoms in total. The van der Waals surface area contributed by atoms with E-state index in [-0.39, 0.29) is 42.9 Å². The van der Waals surface area contributed by atoms with Gasteiger partial charge >= 0.3 is 0 Å². The number of aliphatic hydroxyl groups is 2. The molecule has 3 saturated heterocycles. The number of aliphatic hydroxyl groups excluding tert-OH is 1. The number of phenols is 1. The molecule has 4 atom stereocenters. The standard InChI is InChI=1S/C42H55N3O7/c1-29(43-25-38(47)36-23-34(46)24-37-41(36)51-27-40(48)44-37)22-30-12-14-35(15-13-30)50-21-7-18-45-19-16-31(17-20-45)39(26-45)52-28-42(49,33-10-5-6-11-33)32-8-3-2-4-9-32/h2-4,8-9,12-15,23-24,29,31,33,38-39,43,47,49H,5-7,10-11,16-22,25-28H2,1H3,(H-,44,46,48)/p+1/t29-,31?,38+,39+,42?,45?/m1/s1. The van der Waals surface area contributed by atoms with Crippen molar-refractivity contribution < 1.29 is 38.8 Å². The van der Waals surface area contributed by atoms with Gasteiger partial charge in [0.1, 0.15) is 35.5 Å². The lowest BCUT2D eigenvalue weighted by Crippen LogP contribution is -2.65. The van der Waals surface area contributed by atoms with E-state index in [4.69, 9.17) is 14.2 Å². The quantitative estimate of drug-likeness (QED) is 0.0980. The molecule has 0 spiro atoms. The largest absolute Gasteiger partial charge is 0.508 e. The van der Waals surface area contributed by atoms with Crippen molar-refractivity contribution >= 4 is 11.6 Å². The molecular formula is C42H56N3O7+. The molecule has 280 valence electrons. The van der Waals surface area contributed by atoms with Crippen LogP contribution in [0, 0.1) is 11.8 Å². The first-order valence-corrected chi connectivity index (χ1v) is 19.4. The number of amides is 1. The van der Waals surface area contributed by atoms with E-state index in [1.807, 2.05) is 30.3 Å². The van der Waals surface area contributed by atoms with Gasteiger partial charge in [0.25, 0.3) is 5.91 Å². The summed E-state index contributed by atoms with van der Waals surface area (Å²) in [5.41, 5.74) is 2.04. The van der Waals surface area contributed by atoms with E-state index in [2.05, 4.69) is 41.8 Å². The molecule has 1 saturated carbocycles. The van der Waals surface area contributed by atoms with Gasteiger partial charge in [-0.15, -0.1) is 0 Å². The maximum Gasteiger partial charge on any atom is 0.262 e. The van der Waals surface area contributed by atoms with Crippen molar-refractivity contribution in [2.75, 3.05) is 57.9 Å². The molecule has 8 rings (SSSR count). The zero-order valence-electron chi connectivity index (χ0n) is 30.5. The number of quaternary nitrogens is 1. The molecule has 5 aliphatic rings. The normalized spacial score (nSPS) is 25.1. The van der Waals surface area contributed by atoms with Gasteiger partial charge in [-0.2, -0.15) is 0 Å². The molecular weight excluding hydrogens is 658 g/mol. The number of benzene rings is 3. The van der Waals surface area contributed by atoms with Crippen LogP contribution < -0.4 is 20.1 Å². The third-order valence-corrected chi connectivity index (χ3v) is 12.1. The number of piperidine rings is 3. The Morgan fingerprint density at radius 2 is 1.79 bits per heavy atom. The Hall–Kier alpha value is -3.67. The van der Waals surface area contributed by atoms with Gasteiger partial charge in [-0.05, 0) is 61.4 Å². The second-order valence-corrected chi connectivity index (χ2v) is 15.8. The highest BCUT2D eigenvalue weighted by Gasteiger charge is 2.48. The minimum atomic E-state index is -0.921. The highest BCUT2D eigenvalue weighted by Crippen LogP contribution is 2.43. The molecule has 1 unspecified atom stereocenters. The van der Waals surface area contributed by atoms with E-state index >= 15 is 0 Å². The van der Waals surface area contributed by atoms with Crippen molar-refractivity contribution in [1.82, 2.24) is 5.32 Å². The number of aromatic hydroxyl groups is 1. The summed E-state index contributed by atoms with van der Waals surface area (Å²) in [6.45, 7) is 7.78. The van der Waals surface area contributed by atoms with Crippen molar-refractivity contribution in [2.45, 2.75) is 82.1 Å². The van der Waals surface area contributed by atoms with Crippen LogP contribution >= 0.6 is 0 Å². The maximum absolute atomic E-state index is 12.0. The fourth-order valence-corrected chi connectivity index (χ4v) is 9.15. The number of hydrogen-bond acceptors (Lipinski definition) is 8. The first-order chi connectivity index (χ1) is 25.2. The minimum Gasteiger partial charge on any atom is -0.508 e. The minimum absolute atomic E-state index is 0.0455. The molecule has 3 aromatic carbocycles. The topological polar surface area (TPSA) is 130 Å². The first-order valence-electron chi connectivity index (χ1n) is 19.4. The summed E-state index contributed by atoms with van der Waals surface area (Å²) in [5.74, 6) is 1.76. The van der Waals surface area contributed by atoms with Gasteiger partial charge < -0.3 is 44.6 Å². The van der Waals surface area contributed by atoms with Gasteiger partial charge in [0, 0.05) is 49.4 Å². The van der Waals surface area contributed by atoms with Crippen LogP contribution in [0.3, 0.4) is 0 Å². The second kappa shape index (κ2) is 16.1. The van der Waals surface area contributed by atoms with Crippen LogP contribution in [0.5, 0.6) is 17.2 Å². The van der Waals surface area contributed by atoms with Gasteiger partial charge in [-0.25, -0.2) is 0 Å². The van der Waals surface area contributed by atoms with Crippen LogP contribution in [-0.2, 0) is 21.6 Å². The average molecular weight is 715 g/mol. The van der Waals surface area contributed by atoms with Crippen LogP contribution in [0.4, 0.5) is 5.69 Å². The first kappa shape index (κ1) is 36.7. The van der Waals surface area contributed by atoms with Crippen molar-refractivity contribution in [2.24, 2.45) is 11.8 Å². The summed E-state index contributed by atoms with van der Waals surface area (Å²) in [7, 11) is 0. The van der Waals surface area contributed by atoms with Gasteiger partial charge in [0.05, 0.1) is 44.6 Å². The summed E-state index contributed by atoms with van der Waals surface area (Å²) >= 11 is 0. The summed E-state index contributed by atoms with van der Waals surface area (Å²) in [6.07, 6.45) is 7.92. The molecule has 3 aromatic rings. The van der Waals surface area contributed by atoms with E-state index in [1.165, 1.54) is 50.9 Å². The van der Waals surface area contributed by atoms with Crippen molar-refractivity contribution in [1.29, 1.82) is 0 Å². The molecule has 0 aromatic heterocycles. The van der Waals surface area contributed by atoms with Gasteiger partial charge in [0.15, 0.2) is 6.61 Å². The highest BCUT2D eigenvalue weighted by molar-refractivity contribution is 5.96. The zero-order chi connectivity index (χ0) is 36.1. The molecule has 5 N–H and O–H groups in total. The Labute approximate surface area is 307 Å². The number of ether oxygens (including phenoxy) is 3. The number of hydrogen-bond donors (Lipinski definition) is 5. The van der Waals surface area contributed by atoms with E-state index in [1.54, 1.807) is 0 Å². The third kappa shape index (κ3) is 8.42. The fourth-order valence-electron chi connectivity index (χ4n) is 9.15. The molecule has 10 heteroatoms. The monoisotopic (exact) mass is 714 g/mol. The lowest BCUT2D eigenvalue weighted by molar-refractivity contribution is -0.946. The highest BCUT2D eigenvalue weighted by atomic mass is 16.5. The van der Waals surface area contributed by atoms with Gasteiger partial charge in [0.2, 0.25) is 0 Å². The number of anilines is 1. The van der Waals surface area contributed by atoms with Crippen molar-refractivity contribution in [3.8, 4) is 17.2 Å². The SMILES string of the molecule is C[C@H](Cc1ccc(OCCC[N+]23CCC(CC2)[C@@H](OCC(O)(c2ccccc2)C2CCCC2)C3)cc1)NC[C@H](O)c1cc(O)cc2c1OCC(=O)N2. The van der Waals surface area contributed by atoms with Gasteiger partial charge in [-0.3, -0.25) is 4.79 Å². The number of phenolic OH excluding ortho intramolecular Hbond substituents is 1. The lowest BCUT2D eigenvalue weighted by atomic mass is 9.80. The smallest absolute Gasteiger partial charge is 0.262 e. The molecule has 2 bridgehead atoms. The predicted octanol–water partition coefficient (Wildman–Crippen LogP) is 5.45. The van der Waals surface area contributed by atoms with Crippen LogP contribution in [0.2, 0.25) is 0 Å². The molecule has 4 aliphatic heterocycles. The van der Waals surface area contributed by atoms with Gasteiger partial charge in [-0.1, -0.05) is 55.3 Å². The van der Waals surface area contributed by atoms with Crippen LogP contribution in [0.15, 0.2) is 66.7 Å². The lowest BCUT2D eigenvalue weighted by Gasteiger charge is -2.53. The Balaban J connectivity index is 0.847. The van der Waals surface area contributed by atoms with Crippen molar-refractivity contribution in [3.05, 3.63) is 83.4 Å². The second-order valence-electron chi connectivity index (χ2n) is 15.8. The molecule has 4 fully saturated rings. The number of carbonyl (C=O) groups is 1. The predicted molar refractivity (Wildman–Crippen MR) is 199 cm³/mol. The zero-order valence-corrected chi connectivity index (χ0v) is 30.5. The van der Waals surface area contributed by atoms with E-state index in [0.717, 1.165) is 60.1 Å². The average Bonchev–Trinajstić information content (AvgIpc) is 3.72. The Morgan fingerprint density at radius 1 is 1.04 bits per heavy atom. The van der Waals surface area contributed by atoms with Crippen LogP contribution in [0.25, 0.3) is 0 Å². The maximum atomic E-state index is 12.0. The number of fused-ring (bicyclic) bond motifs is 4. The molecule has 1 aliphatic carbocycles. The summed E-state index contributed by atoms with van der Waals surface area (Å²) in [4.78, 5) is 11.7. The Kier molecular flexibility index (Phi) is 11.4. The Morgan fingerprint density at radius 3 is 2.54 bits per heavy atom. The fraction of sp³-hybridized carbons (Fsp3) is 0.548. The molecule has 0 radical (unpaired) electrons. The molecule has 1 amide bonds. The summed E-state index contributed by atoms with van der Waals surface area (Å²) in [6, 6.07) is 21.4. The summed E-state index contributed by atoms with van der Waals surface area (Å²) < 4.78 is 19.6.